The van der Waals surface area contributed by atoms with Crippen molar-refractivity contribution in [3.63, 3.8) is 0 Å². The molecule has 0 heterocycles. The Morgan fingerprint density at radius 1 is 0.625 bits per heavy atom. The van der Waals surface area contributed by atoms with Crippen LogP contribution in [0, 0.1) is 0 Å². The highest BCUT2D eigenvalue weighted by atomic mass is 31.2. The van der Waals surface area contributed by atoms with E-state index in [1.807, 2.05) is 6.08 Å². The van der Waals surface area contributed by atoms with Crippen molar-refractivity contribution in [3.05, 3.63) is 12.3 Å². The van der Waals surface area contributed by atoms with E-state index in [1.54, 1.807) is 6.26 Å². The first-order chi connectivity index (χ1) is 23.4. The smallest absolute Gasteiger partial charge is 0.472 e. The zero-order valence-corrected chi connectivity index (χ0v) is 32.4. The van der Waals surface area contributed by atoms with Gasteiger partial charge in [-0.05, 0) is 25.3 Å². The van der Waals surface area contributed by atoms with Gasteiger partial charge in [0, 0.05) is 13.0 Å². The number of nitrogens with two attached hydrogens (primary N) is 1. The van der Waals surface area contributed by atoms with E-state index < -0.39 is 13.9 Å². The zero-order chi connectivity index (χ0) is 35.2. The number of rotatable bonds is 39. The molecular formula is C39H78NO7P. The lowest BCUT2D eigenvalue weighted by Crippen LogP contribution is -2.25. The Bertz CT molecular complexity index is 752. The summed E-state index contributed by atoms with van der Waals surface area (Å²) in [7, 11) is -4.26. The first-order valence-electron chi connectivity index (χ1n) is 20.2. The topological polar surface area (TPSA) is 117 Å². The largest absolute Gasteiger partial charge is 0.492 e. The second-order valence-corrected chi connectivity index (χ2v) is 15.0. The minimum Gasteiger partial charge on any atom is -0.492 e. The van der Waals surface area contributed by atoms with Crippen LogP contribution in [0.5, 0.6) is 0 Å². The molecule has 3 N–H and O–H groups in total. The average molecular weight is 704 g/mol. The van der Waals surface area contributed by atoms with Crippen molar-refractivity contribution in [2.24, 2.45) is 5.73 Å². The maximum atomic E-state index is 12.4. The number of allylic oxidation sites excluding steroid dienone is 1. The molecule has 286 valence electrons. The molecule has 8 nitrogen and oxygen atoms in total. The Balaban J connectivity index is 4.07. The number of hydrogen-bond acceptors (Lipinski definition) is 7. The third-order valence-corrected chi connectivity index (χ3v) is 9.79. The summed E-state index contributed by atoms with van der Waals surface area (Å²) < 4.78 is 33.1. The van der Waals surface area contributed by atoms with Gasteiger partial charge in [-0.2, -0.15) is 0 Å². The average Bonchev–Trinajstić information content (AvgIpc) is 3.08. The van der Waals surface area contributed by atoms with Crippen LogP contribution in [-0.4, -0.2) is 43.3 Å². The highest BCUT2D eigenvalue weighted by Gasteiger charge is 2.24. The van der Waals surface area contributed by atoms with Crippen LogP contribution in [0.4, 0.5) is 0 Å². The van der Waals surface area contributed by atoms with E-state index in [9.17, 15) is 14.3 Å². The summed E-state index contributed by atoms with van der Waals surface area (Å²) in [5.41, 5.74) is 5.35. The van der Waals surface area contributed by atoms with Gasteiger partial charge in [0.2, 0.25) is 0 Å². The lowest BCUT2D eigenvalue weighted by atomic mass is 10.0. The highest BCUT2D eigenvalue weighted by Crippen LogP contribution is 2.43. The number of carbonyl (C=O) groups is 1. The third-order valence-electron chi connectivity index (χ3n) is 8.80. The lowest BCUT2D eigenvalue weighted by molar-refractivity contribution is -0.147. The number of unbranched alkanes of at least 4 members (excludes halogenated alkanes) is 26. The molecule has 0 saturated heterocycles. The summed E-state index contributed by atoms with van der Waals surface area (Å²) >= 11 is 0. The van der Waals surface area contributed by atoms with Crippen molar-refractivity contribution in [2.75, 3.05) is 26.4 Å². The summed E-state index contributed by atoms with van der Waals surface area (Å²) in [6.07, 6.45) is 38.9. The van der Waals surface area contributed by atoms with Gasteiger partial charge in [-0.1, -0.05) is 174 Å². The maximum absolute atomic E-state index is 12.4. The van der Waals surface area contributed by atoms with E-state index in [0.29, 0.717) is 6.42 Å². The monoisotopic (exact) mass is 704 g/mol. The van der Waals surface area contributed by atoms with Gasteiger partial charge in [-0.3, -0.25) is 13.8 Å². The van der Waals surface area contributed by atoms with Crippen molar-refractivity contribution in [1.82, 2.24) is 0 Å². The van der Waals surface area contributed by atoms with E-state index in [4.69, 9.17) is 24.3 Å². The molecular weight excluding hydrogens is 625 g/mol. The molecule has 0 aromatic heterocycles. The minimum absolute atomic E-state index is 0.0581. The highest BCUT2D eigenvalue weighted by molar-refractivity contribution is 7.47. The molecule has 0 amide bonds. The van der Waals surface area contributed by atoms with Crippen LogP contribution in [0.2, 0.25) is 0 Å². The molecule has 0 rings (SSSR count). The summed E-state index contributed by atoms with van der Waals surface area (Å²) in [5.74, 6) is -0.287. The first kappa shape index (κ1) is 47.1. The molecule has 1 unspecified atom stereocenters. The van der Waals surface area contributed by atoms with Crippen LogP contribution in [-0.2, 0) is 27.9 Å². The fourth-order valence-corrected chi connectivity index (χ4v) is 6.51. The van der Waals surface area contributed by atoms with E-state index >= 15 is 0 Å². The van der Waals surface area contributed by atoms with Crippen molar-refractivity contribution in [2.45, 2.75) is 206 Å². The van der Waals surface area contributed by atoms with Crippen molar-refractivity contribution < 1.29 is 32.8 Å². The Labute approximate surface area is 296 Å². The second kappa shape index (κ2) is 37.3. The number of phosphoric acid groups is 1. The van der Waals surface area contributed by atoms with E-state index in [-0.39, 0.29) is 32.3 Å². The molecule has 0 aliphatic rings. The Morgan fingerprint density at radius 2 is 1.04 bits per heavy atom. The fraction of sp³-hybridized carbons (Fsp3) is 0.923. The van der Waals surface area contributed by atoms with Crippen LogP contribution in [0.1, 0.15) is 200 Å². The number of carbonyl (C=O) groups excluding carboxylic acids is 1. The van der Waals surface area contributed by atoms with Gasteiger partial charge < -0.3 is 20.1 Å². The molecule has 48 heavy (non-hydrogen) atoms. The predicted molar refractivity (Wildman–Crippen MR) is 201 cm³/mol. The van der Waals surface area contributed by atoms with Crippen molar-refractivity contribution in [3.8, 4) is 0 Å². The molecule has 0 aromatic rings. The van der Waals surface area contributed by atoms with Crippen LogP contribution in [0.3, 0.4) is 0 Å². The number of hydrogen-bond donors (Lipinski definition) is 2. The fourth-order valence-electron chi connectivity index (χ4n) is 5.75. The molecule has 0 aliphatic carbocycles. The number of esters is 1. The predicted octanol–water partition coefficient (Wildman–Crippen LogP) is 11.9. The summed E-state index contributed by atoms with van der Waals surface area (Å²) in [6, 6.07) is 0. The van der Waals surface area contributed by atoms with Gasteiger partial charge >= 0.3 is 13.8 Å². The molecule has 0 bridgehead atoms. The van der Waals surface area contributed by atoms with Gasteiger partial charge in [0.05, 0.1) is 19.5 Å². The van der Waals surface area contributed by atoms with Crippen molar-refractivity contribution in [1.29, 1.82) is 0 Å². The number of ether oxygens (including phenoxy) is 2. The van der Waals surface area contributed by atoms with Crippen molar-refractivity contribution >= 4 is 13.8 Å². The molecule has 2 atom stereocenters. The summed E-state index contributed by atoms with van der Waals surface area (Å²) in [6.45, 7) is 4.24. The molecule has 0 radical (unpaired) electrons. The minimum atomic E-state index is -4.26. The van der Waals surface area contributed by atoms with Crippen LogP contribution in [0.25, 0.3) is 0 Å². The van der Waals surface area contributed by atoms with Gasteiger partial charge in [0.1, 0.15) is 6.61 Å². The summed E-state index contributed by atoms with van der Waals surface area (Å²) in [4.78, 5) is 22.2. The van der Waals surface area contributed by atoms with E-state index in [0.717, 1.165) is 32.1 Å². The van der Waals surface area contributed by atoms with Crippen LogP contribution in [0.15, 0.2) is 12.3 Å². The Hall–Kier alpha value is -0.920. The number of phosphoric ester groups is 1. The SMILES string of the molecule is CCCCCCCCCCCCCCC=CO[C@H](COC(=O)CCCCCCCCCCCCCCCCC)COP(=O)(O)OCCN. The second-order valence-electron chi connectivity index (χ2n) is 13.6. The molecule has 0 fully saturated rings. The van der Waals surface area contributed by atoms with Crippen LogP contribution >= 0.6 is 7.82 Å². The molecule has 0 aromatic carbocycles. The van der Waals surface area contributed by atoms with Gasteiger partial charge in [0.15, 0.2) is 6.10 Å². The summed E-state index contributed by atoms with van der Waals surface area (Å²) in [5, 5.41) is 0. The Kier molecular flexibility index (Phi) is 36.6. The van der Waals surface area contributed by atoms with Gasteiger partial charge in [-0.25, -0.2) is 4.57 Å². The van der Waals surface area contributed by atoms with E-state index in [2.05, 4.69) is 13.8 Å². The third kappa shape index (κ3) is 36.4. The lowest BCUT2D eigenvalue weighted by Gasteiger charge is -2.19. The molecule has 0 aliphatic heterocycles. The normalized spacial score (nSPS) is 13.6. The zero-order valence-electron chi connectivity index (χ0n) is 31.5. The maximum Gasteiger partial charge on any atom is 0.472 e. The van der Waals surface area contributed by atoms with Gasteiger partial charge in [-0.15, -0.1) is 0 Å². The standard InChI is InChI=1S/C39H78NO7P/c1-3-5-7-9-11-13-15-17-19-20-22-24-26-28-30-32-39(41)45-36-38(37-47-48(42,43)46-35-33-40)44-34-31-29-27-25-23-21-18-16-14-12-10-8-6-4-2/h31,34,38H,3-30,32-33,35-37,40H2,1-2H3,(H,42,43)/t38-/m1/s1. The molecule has 0 saturated carbocycles. The van der Waals surface area contributed by atoms with Gasteiger partial charge in [0.25, 0.3) is 0 Å². The quantitative estimate of drug-likeness (QED) is 0.0281. The Morgan fingerprint density at radius 3 is 1.48 bits per heavy atom. The molecule has 0 spiro atoms. The van der Waals surface area contributed by atoms with Crippen LogP contribution < -0.4 is 5.73 Å². The van der Waals surface area contributed by atoms with E-state index in [1.165, 1.54) is 148 Å². The molecule has 9 heteroatoms. The first-order valence-corrected chi connectivity index (χ1v) is 21.7.